The third kappa shape index (κ3) is 3.87. The van der Waals surface area contributed by atoms with Crippen LogP contribution in [-0.2, 0) is 4.79 Å². The van der Waals surface area contributed by atoms with E-state index in [4.69, 9.17) is 0 Å². The van der Waals surface area contributed by atoms with Gasteiger partial charge in [0.2, 0.25) is 5.91 Å². The SMILES string of the molecule is O=C(Nn1cnc2ccccc2c1=O)[C@H]1CCCN(C(=O)c2ccc(F)cc2)C1. The minimum Gasteiger partial charge on any atom is -0.338 e. The van der Waals surface area contributed by atoms with Crippen molar-refractivity contribution in [2.45, 2.75) is 12.8 Å². The van der Waals surface area contributed by atoms with Gasteiger partial charge < -0.3 is 4.90 Å². The number of nitrogens with one attached hydrogen (secondary N) is 1. The number of carbonyl (C=O) groups excluding carboxylic acids is 2. The van der Waals surface area contributed by atoms with E-state index < -0.39 is 11.7 Å². The van der Waals surface area contributed by atoms with Crippen LogP contribution in [0.3, 0.4) is 0 Å². The molecule has 0 aliphatic carbocycles. The van der Waals surface area contributed by atoms with E-state index in [1.807, 2.05) is 0 Å². The van der Waals surface area contributed by atoms with Crippen molar-refractivity contribution in [3.8, 4) is 0 Å². The standard InChI is InChI=1S/C21H19FN4O3/c22-16-9-7-14(8-10-16)20(28)25-11-3-4-15(12-25)19(27)24-26-13-23-18-6-2-1-5-17(18)21(26)29/h1-2,5-10,13,15H,3-4,11-12H2,(H,24,27)/t15-/m0/s1. The molecule has 1 atom stereocenters. The number of likely N-dealkylation sites (tertiary alicyclic amines) is 1. The number of halogens is 1. The van der Waals surface area contributed by atoms with Crippen LogP contribution < -0.4 is 11.0 Å². The van der Waals surface area contributed by atoms with Gasteiger partial charge in [-0.25, -0.2) is 14.1 Å². The molecule has 1 aliphatic heterocycles. The molecule has 1 aromatic heterocycles. The number of fused-ring (bicyclic) bond motifs is 1. The molecule has 1 N–H and O–H groups in total. The molecular weight excluding hydrogens is 375 g/mol. The molecule has 0 radical (unpaired) electrons. The van der Waals surface area contributed by atoms with Crippen molar-refractivity contribution < 1.29 is 14.0 Å². The van der Waals surface area contributed by atoms with E-state index in [1.54, 1.807) is 29.2 Å². The Bertz CT molecular complexity index is 1130. The molecule has 7 nitrogen and oxygen atoms in total. The molecule has 0 bridgehead atoms. The quantitative estimate of drug-likeness (QED) is 0.738. The number of nitrogens with zero attached hydrogens (tertiary/aromatic N) is 3. The lowest BCUT2D eigenvalue weighted by molar-refractivity contribution is -0.122. The number of para-hydroxylation sites is 1. The molecule has 29 heavy (non-hydrogen) atoms. The minimum absolute atomic E-state index is 0.234. The van der Waals surface area contributed by atoms with Crippen molar-refractivity contribution >= 4 is 22.7 Å². The van der Waals surface area contributed by atoms with Crippen LogP contribution >= 0.6 is 0 Å². The summed E-state index contributed by atoms with van der Waals surface area (Å²) in [4.78, 5) is 43.7. The van der Waals surface area contributed by atoms with Crippen LogP contribution in [-0.4, -0.2) is 39.5 Å². The summed E-state index contributed by atoms with van der Waals surface area (Å²) in [6.07, 6.45) is 2.55. The maximum absolute atomic E-state index is 13.1. The largest absolute Gasteiger partial charge is 0.338 e. The van der Waals surface area contributed by atoms with Crippen LogP contribution in [0.2, 0.25) is 0 Å². The Hall–Kier alpha value is -3.55. The normalized spacial score (nSPS) is 16.6. The van der Waals surface area contributed by atoms with Crippen molar-refractivity contribution in [2.75, 3.05) is 18.5 Å². The van der Waals surface area contributed by atoms with E-state index in [-0.39, 0.29) is 23.9 Å². The first kappa shape index (κ1) is 18.8. The zero-order chi connectivity index (χ0) is 20.4. The molecule has 0 spiro atoms. The highest BCUT2D eigenvalue weighted by atomic mass is 19.1. The maximum atomic E-state index is 13.1. The van der Waals surface area contributed by atoms with Gasteiger partial charge in [0.1, 0.15) is 12.1 Å². The van der Waals surface area contributed by atoms with Gasteiger partial charge in [0.15, 0.2) is 0 Å². The van der Waals surface area contributed by atoms with E-state index in [2.05, 4.69) is 10.4 Å². The summed E-state index contributed by atoms with van der Waals surface area (Å²) in [6, 6.07) is 12.2. The summed E-state index contributed by atoms with van der Waals surface area (Å²) in [5.41, 5.74) is 3.16. The zero-order valence-electron chi connectivity index (χ0n) is 15.5. The predicted octanol–water partition coefficient (Wildman–Crippen LogP) is 2.16. The second-order valence-corrected chi connectivity index (χ2v) is 7.01. The number of carbonyl (C=O) groups is 2. The molecule has 2 amide bonds. The van der Waals surface area contributed by atoms with E-state index >= 15 is 0 Å². The smallest absolute Gasteiger partial charge is 0.280 e. The van der Waals surface area contributed by atoms with Gasteiger partial charge in [-0.2, -0.15) is 0 Å². The summed E-state index contributed by atoms with van der Waals surface area (Å²) in [5, 5.41) is 0.409. The van der Waals surface area contributed by atoms with Crippen LogP contribution in [0, 0.1) is 11.7 Å². The molecule has 4 rings (SSSR count). The number of amides is 2. The van der Waals surface area contributed by atoms with Crippen LogP contribution in [0.4, 0.5) is 4.39 Å². The Balaban J connectivity index is 1.48. The Labute approximate surface area is 165 Å². The van der Waals surface area contributed by atoms with Crippen molar-refractivity contribution in [3.63, 3.8) is 0 Å². The average Bonchev–Trinajstić information content (AvgIpc) is 2.76. The highest BCUT2D eigenvalue weighted by Crippen LogP contribution is 2.19. The number of piperidine rings is 1. The molecule has 1 fully saturated rings. The lowest BCUT2D eigenvalue weighted by Gasteiger charge is -2.32. The van der Waals surface area contributed by atoms with Crippen LogP contribution in [0.1, 0.15) is 23.2 Å². The van der Waals surface area contributed by atoms with Crippen molar-refractivity contribution in [3.05, 3.63) is 76.6 Å². The minimum atomic E-state index is -0.452. The number of benzene rings is 2. The van der Waals surface area contributed by atoms with Crippen molar-refractivity contribution in [2.24, 2.45) is 5.92 Å². The van der Waals surface area contributed by atoms with Crippen molar-refractivity contribution in [1.29, 1.82) is 0 Å². The number of hydrogen-bond acceptors (Lipinski definition) is 4. The number of aromatic nitrogens is 2. The molecule has 0 unspecified atom stereocenters. The van der Waals surface area contributed by atoms with E-state index in [0.717, 1.165) is 4.68 Å². The molecule has 1 aliphatic rings. The third-order valence-electron chi connectivity index (χ3n) is 5.07. The van der Waals surface area contributed by atoms with Gasteiger partial charge in [-0.05, 0) is 49.2 Å². The first-order chi connectivity index (χ1) is 14.0. The number of hydrogen-bond donors (Lipinski definition) is 1. The van der Waals surface area contributed by atoms with Crippen molar-refractivity contribution in [1.82, 2.24) is 14.6 Å². The predicted molar refractivity (Wildman–Crippen MR) is 105 cm³/mol. The Morgan fingerprint density at radius 2 is 1.86 bits per heavy atom. The Morgan fingerprint density at radius 3 is 2.66 bits per heavy atom. The molecule has 1 saturated heterocycles. The highest BCUT2D eigenvalue weighted by Gasteiger charge is 2.29. The summed E-state index contributed by atoms with van der Waals surface area (Å²) in [5.74, 6) is -1.45. The van der Waals surface area contributed by atoms with Gasteiger partial charge in [-0.1, -0.05) is 12.1 Å². The lowest BCUT2D eigenvalue weighted by atomic mass is 9.96. The number of rotatable bonds is 3. The Morgan fingerprint density at radius 1 is 1.10 bits per heavy atom. The second-order valence-electron chi connectivity index (χ2n) is 7.01. The summed E-state index contributed by atoms with van der Waals surface area (Å²) >= 11 is 0. The average molecular weight is 394 g/mol. The fraction of sp³-hybridized carbons (Fsp3) is 0.238. The van der Waals surface area contributed by atoms with E-state index in [0.29, 0.717) is 35.9 Å². The molecule has 2 aromatic carbocycles. The van der Waals surface area contributed by atoms with E-state index in [9.17, 15) is 18.8 Å². The first-order valence-corrected chi connectivity index (χ1v) is 9.35. The van der Waals surface area contributed by atoms with Gasteiger partial charge in [-0.3, -0.25) is 19.8 Å². The van der Waals surface area contributed by atoms with Gasteiger partial charge in [0.25, 0.3) is 11.5 Å². The topological polar surface area (TPSA) is 84.3 Å². The monoisotopic (exact) mass is 394 g/mol. The summed E-state index contributed by atoms with van der Waals surface area (Å²) in [6.45, 7) is 0.759. The molecule has 148 valence electrons. The van der Waals surface area contributed by atoms with Gasteiger partial charge >= 0.3 is 0 Å². The molecular formula is C21H19FN4O3. The van der Waals surface area contributed by atoms with Crippen LogP contribution in [0.5, 0.6) is 0 Å². The summed E-state index contributed by atoms with van der Waals surface area (Å²) in [7, 11) is 0. The molecule has 3 aromatic rings. The third-order valence-corrected chi connectivity index (χ3v) is 5.07. The van der Waals surface area contributed by atoms with Crippen LogP contribution in [0.15, 0.2) is 59.7 Å². The first-order valence-electron chi connectivity index (χ1n) is 9.35. The second kappa shape index (κ2) is 7.83. The van der Waals surface area contributed by atoms with E-state index in [1.165, 1.54) is 30.6 Å². The molecule has 0 saturated carbocycles. The molecule has 8 heteroatoms. The Kier molecular flexibility index (Phi) is 5.07. The maximum Gasteiger partial charge on any atom is 0.280 e. The zero-order valence-corrected chi connectivity index (χ0v) is 15.5. The fourth-order valence-corrected chi connectivity index (χ4v) is 3.51. The van der Waals surface area contributed by atoms with Gasteiger partial charge in [0, 0.05) is 18.7 Å². The fourth-order valence-electron chi connectivity index (χ4n) is 3.51. The van der Waals surface area contributed by atoms with Gasteiger partial charge in [-0.15, -0.1) is 0 Å². The van der Waals surface area contributed by atoms with Crippen LogP contribution in [0.25, 0.3) is 10.9 Å². The lowest BCUT2D eigenvalue weighted by Crippen LogP contribution is -2.46. The highest BCUT2D eigenvalue weighted by molar-refractivity contribution is 5.95. The van der Waals surface area contributed by atoms with Gasteiger partial charge in [0.05, 0.1) is 16.8 Å². The summed E-state index contributed by atoms with van der Waals surface area (Å²) < 4.78 is 14.2. The molecule has 2 heterocycles.